The molecule has 26 heavy (non-hydrogen) atoms. The first-order chi connectivity index (χ1) is 12.6. The van der Waals surface area contributed by atoms with Gasteiger partial charge in [0.2, 0.25) is 0 Å². The summed E-state index contributed by atoms with van der Waals surface area (Å²) in [6.07, 6.45) is 3.21. The average Bonchev–Trinajstić information content (AvgIpc) is 3.21. The Morgan fingerprint density at radius 2 is 1.81 bits per heavy atom. The standard InChI is InChI=1S/C19H21BrN4O2/c1-13(14-4-6-16(7-5-14)24-12-21-11-23-24)22-10-15-8-18(25-2)19(26-3)9-17(15)20/h4-9,11-13,22H,10H2,1-3H3. The van der Waals surface area contributed by atoms with E-state index in [1.54, 1.807) is 25.2 Å². The van der Waals surface area contributed by atoms with Crippen molar-refractivity contribution >= 4 is 15.9 Å². The molecular weight excluding hydrogens is 396 g/mol. The molecule has 7 heteroatoms. The molecule has 1 aromatic heterocycles. The lowest BCUT2D eigenvalue weighted by atomic mass is 10.1. The number of nitrogens with zero attached hydrogens (tertiary/aromatic N) is 3. The van der Waals surface area contributed by atoms with Gasteiger partial charge < -0.3 is 14.8 Å². The maximum absolute atomic E-state index is 5.38. The average molecular weight is 417 g/mol. The van der Waals surface area contributed by atoms with Crippen LogP contribution in [0, 0.1) is 0 Å². The molecule has 0 saturated carbocycles. The van der Waals surface area contributed by atoms with Crippen LogP contribution < -0.4 is 14.8 Å². The quantitative estimate of drug-likeness (QED) is 0.632. The van der Waals surface area contributed by atoms with Crippen molar-refractivity contribution in [2.45, 2.75) is 19.5 Å². The highest BCUT2D eigenvalue weighted by molar-refractivity contribution is 9.10. The largest absolute Gasteiger partial charge is 0.493 e. The fourth-order valence-corrected chi connectivity index (χ4v) is 3.13. The second kappa shape index (κ2) is 8.33. The molecule has 6 nitrogen and oxygen atoms in total. The van der Waals surface area contributed by atoms with E-state index in [1.165, 1.54) is 11.9 Å². The van der Waals surface area contributed by atoms with Gasteiger partial charge in [0.1, 0.15) is 12.7 Å². The number of methoxy groups -OCH3 is 2. The number of rotatable bonds is 7. The van der Waals surface area contributed by atoms with E-state index in [0.29, 0.717) is 12.3 Å². The fourth-order valence-electron chi connectivity index (χ4n) is 2.67. The van der Waals surface area contributed by atoms with Gasteiger partial charge in [0.25, 0.3) is 0 Å². The smallest absolute Gasteiger partial charge is 0.161 e. The van der Waals surface area contributed by atoms with Gasteiger partial charge in [0.05, 0.1) is 19.9 Å². The highest BCUT2D eigenvalue weighted by Gasteiger charge is 2.11. The molecule has 0 radical (unpaired) electrons. The molecule has 0 aliphatic carbocycles. The third kappa shape index (κ3) is 4.05. The minimum absolute atomic E-state index is 0.194. The van der Waals surface area contributed by atoms with Crippen molar-refractivity contribution in [3.8, 4) is 17.2 Å². The predicted octanol–water partition coefficient (Wildman–Crippen LogP) is 3.90. The van der Waals surface area contributed by atoms with E-state index in [2.05, 4.69) is 50.4 Å². The first kappa shape index (κ1) is 18.4. The van der Waals surface area contributed by atoms with Gasteiger partial charge in [0, 0.05) is 17.1 Å². The van der Waals surface area contributed by atoms with Crippen molar-refractivity contribution in [2.75, 3.05) is 14.2 Å². The molecule has 1 unspecified atom stereocenters. The van der Waals surface area contributed by atoms with Gasteiger partial charge in [-0.25, -0.2) is 9.67 Å². The normalized spacial score (nSPS) is 12.0. The molecule has 0 bridgehead atoms. The first-order valence-electron chi connectivity index (χ1n) is 8.21. The van der Waals surface area contributed by atoms with E-state index >= 15 is 0 Å². The molecule has 0 amide bonds. The lowest BCUT2D eigenvalue weighted by Crippen LogP contribution is -2.18. The van der Waals surface area contributed by atoms with Crippen LogP contribution in [0.25, 0.3) is 5.69 Å². The van der Waals surface area contributed by atoms with Crippen LogP contribution in [0.2, 0.25) is 0 Å². The monoisotopic (exact) mass is 416 g/mol. The number of hydrogen-bond acceptors (Lipinski definition) is 5. The van der Waals surface area contributed by atoms with Crippen LogP contribution >= 0.6 is 15.9 Å². The van der Waals surface area contributed by atoms with Crippen LogP contribution in [-0.4, -0.2) is 29.0 Å². The Hall–Kier alpha value is -2.38. The van der Waals surface area contributed by atoms with Crippen LogP contribution in [0.1, 0.15) is 24.1 Å². The number of ether oxygens (including phenoxy) is 2. The number of benzene rings is 2. The minimum atomic E-state index is 0.194. The van der Waals surface area contributed by atoms with Gasteiger partial charge >= 0.3 is 0 Å². The zero-order chi connectivity index (χ0) is 18.5. The minimum Gasteiger partial charge on any atom is -0.493 e. The summed E-state index contributed by atoms with van der Waals surface area (Å²) in [6.45, 7) is 2.84. The van der Waals surface area contributed by atoms with Crippen LogP contribution in [0.5, 0.6) is 11.5 Å². The lowest BCUT2D eigenvalue weighted by Gasteiger charge is -2.17. The van der Waals surface area contributed by atoms with Crippen molar-refractivity contribution < 1.29 is 9.47 Å². The Morgan fingerprint density at radius 3 is 2.42 bits per heavy atom. The predicted molar refractivity (Wildman–Crippen MR) is 104 cm³/mol. The van der Waals surface area contributed by atoms with E-state index in [4.69, 9.17) is 9.47 Å². The summed E-state index contributed by atoms with van der Waals surface area (Å²) in [4.78, 5) is 3.97. The molecule has 136 valence electrons. The lowest BCUT2D eigenvalue weighted by molar-refractivity contribution is 0.354. The van der Waals surface area contributed by atoms with E-state index in [9.17, 15) is 0 Å². The second-order valence-electron chi connectivity index (χ2n) is 5.83. The van der Waals surface area contributed by atoms with Crippen molar-refractivity contribution in [1.29, 1.82) is 0 Å². The zero-order valence-electron chi connectivity index (χ0n) is 14.9. The Morgan fingerprint density at radius 1 is 1.12 bits per heavy atom. The summed E-state index contributed by atoms with van der Waals surface area (Å²) in [6, 6.07) is 12.4. The highest BCUT2D eigenvalue weighted by atomic mass is 79.9. The summed E-state index contributed by atoms with van der Waals surface area (Å²) in [7, 11) is 3.27. The number of aromatic nitrogens is 3. The molecule has 0 aliphatic heterocycles. The van der Waals surface area contributed by atoms with Gasteiger partial charge in [-0.3, -0.25) is 0 Å². The van der Waals surface area contributed by atoms with E-state index in [-0.39, 0.29) is 6.04 Å². The molecule has 3 rings (SSSR count). The molecule has 1 N–H and O–H groups in total. The molecular formula is C19H21BrN4O2. The van der Waals surface area contributed by atoms with Crippen molar-refractivity contribution in [3.05, 3.63) is 64.7 Å². The third-order valence-corrected chi connectivity index (χ3v) is 4.97. The first-order valence-corrected chi connectivity index (χ1v) is 9.00. The van der Waals surface area contributed by atoms with Crippen LogP contribution in [0.15, 0.2) is 53.5 Å². The topological polar surface area (TPSA) is 61.2 Å². The molecule has 0 aliphatic rings. The highest BCUT2D eigenvalue weighted by Crippen LogP contribution is 2.33. The maximum atomic E-state index is 5.38. The zero-order valence-corrected chi connectivity index (χ0v) is 16.5. The van der Waals surface area contributed by atoms with Gasteiger partial charge in [-0.2, -0.15) is 5.10 Å². The number of hydrogen-bond donors (Lipinski definition) is 1. The molecule has 2 aromatic carbocycles. The maximum Gasteiger partial charge on any atom is 0.161 e. The molecule has 3 aromatic rings. The van der Waals surface area contributed by atoms with Crippen LogP contribution in [0.3, 0.4) is 0 Å². The molecule has 0 fully saturated rings. The second-order valence-corrected chi connectivity index (χ2v) is 6.69. The summed E-state index contributed by atoms with van der Waals surface area (Å²) >= 11 is 3.60. The van der Waals surface area contributed by atoms with Gasteiger partial charge in [0.15, 0.2) is 11.5 Å². The molecule has 1 atom stereocenters. The summed E-state index contributed by atoms with van der Waals surface area (Å²) in [5.74, 6) is 1.43. The molecule has 0 spiro atoms. The number of halogens is 1. The Bertz CT molecular complexity index is 851. The third-order valence-electron chi connectivity index (χ3n) is 4.23. The molecule has 0 saturated heterocycles. The van der Waals surface area contributed by atoms with Crippen molar-refractivity contribution in [1.82, 2.24) is 20.1 Å². The molecule has 1 heterocycles. The van der Waals surface area contributed by atoms with E-state index in [1.807, 2.05) is 24.3 Å². The van der Waals surface area contributed by atoms with Gasteiger partial charge in [-0.05, 0) is 42.3 Å². The van der Waals surface area contributed by atoms with E-state index < -0.39 is 0 Å². The Labute approximate surface area is 161 Å². The SMILES string of the molecule is COc1cc(Br)c(CNC(C)c2ccc(-n3cncn3)cc2)cc1OC. The van der Waals surface area contributed by atoms with E-state index in [0.717, 1.165) is 21.5 Å². The fraction of sp³-hybridized carbons (Fsp3) is 0.263. The summed E-state index contributed by atoms with van der Waals surface area (Å²) in [5.41, 5.74) is 3.29. The summed E-state index contributed by atoms with van der Waals surface area (Å²) in [5, 5.41) is 7.68. The summed E-state index contributed by atoms with van der Waals surface area (Å²) < 4.78 is 13.4. The Balaban J connectivity index is 1.68. The van der Waals surface area contributed by atoms with Crippen molar-refractivity contribution in [3.63, 3.8) is 0 Å². The van der Waals surface area contributed by atoms with Crippen molar-refractivity contribution in [2.24, 2.45) is 0 Å². The van der Waals surface area contributed by atoms with Gasteiger partial charge in [-0.1, -0.05) is 28.1 Å². The number of nitrogens with one attached hydrogen (secondary N) is 1. The van der Waals surface area contributed by atoms with Crippen LogP contribution in [-0.2, 0) is 6.54 Å². The van der Waals surface area contributed by atoms with Gasteiger partial charge in [-0.15, -0.1) is 0 Å². The van der Waals surface area contributed by atoms with Crippen LogP contribution in [0.4, 0.5) is 0 Å². The Kier molecular flexibility index (Phi) is 5.90.